The molecule has 0 aromatic heterocycles. The molecule has 1 heterocycles. The lowest BCUT2D eigenvalue weighted by Gasteiger charge is -2.08. The van der Waals surface area contributed by atoms with Crippen LogP contribution in [0.5, 0.6) is 11.5 Å². The molecule has 0 aliphatic carbocycles. The highest BCUT2D eigenvalue weighted by atomic mass is 35.5. The van der Waals surface area contributed by atoms with Crippen LogP contribution in [0.15, 0.2) is 18.2 Å². The molecule has 0 radical (unpaired) electrons. The first-order chi connectivity index (χ1) is 8.24. The van der Waals surface area contributed by atoms with Crippen LogP contribution >= 0.6 is 23.2 Å². The lowest BCUT2D eigenvalue weighted by atomic mass is 10.3. The molecular weight excluding hydrogens is 267 g/mol. The normalized spacial score (nSPS) is 22.0. The summed E-state index contributed by atoms with van der Waals surface area (Å²) in [4.78, 5) is 10.3. The van der Waals surface area contributed by atoms with Crippen molar-refractivity contribution in [3.63, 3.8) is 0 Å². The molecule has 1 aliphatic heterocycles. The second-order valence-electron chi connectivity index (χ2n) is 3.48. The molecule has 17 heavy (non-hydrogen) atoms. The van der Waals surface area contributed by atoms with Crippen molar-refractivity contribution in [1.82, 2.24) is 0 Å². The highest BCUT2D eigenvalue weighted by molar-refractivity contribution is 6.30. The van der Waals surface area contributed by atoms with Gasteiger partial charge in [0, 0.05) is 11.1 Å². The molecule has 92 valence electrons. The quantitative estimate of drug-likeness (QED) is 0.454. The van der Waals surface area contributed by atoms with E-state index < -0.39 is 0 Å². The molecule has 1 aliphatic rings. The molecule has 0 amide bonds. The third-order valence-electron chi connectivity index (χ3n) is 2.32. The van der Waals surface area contributed by atoms with E-state index in [1.165, 1.54) is 6.07 Å². The summed E-state index contributed by atoms with van der Waals surface area (Å²) in [6.45, 7) is 0.696. The number of carbonyl (C=O) groups excluding carboxylic acids is 1. The fourth-order valence-electron chi connectivity index (χ4n) is 1.38. The Labute approximate surface area is 108 Å². The maximum Gasteiger partial charge on any atom is 0.298 e. The molecule has 6 heteroatoms. The molecule has 0 saturated carbocycles. The molecule has 1 saturated heterocycles. The van der Waals surface area contributed by atoms with E-state index in [-0.39, 0.29) is 18.0 Å². The highest BCUT2D eigenvalue weighted by Crippen LogP contribution is 2.32. The summed E-state index contributed by atoms with van der Waals surface area (Å²) in [7, 11) is 0. The fraction of sp³-hybridized carbons (Fsp3) is 0.364. The molecule has 0 N–H and O–H groups in total. The lowest BCUT2D eigenvalue weighted by molar-refractivity contribution is -0.120. The van der Waals surface area contributed by atoms with Gasteiger partial charge in [0.25, 0.3) is 6.47 Å². The molecular formula is C11H10Cl2O4. The number of rotatable bonds is 6. The molecule has 0 spiro atoms. The van der Waals surface area contributed by atoms with Crippen molar-refractivity contribution in [2.45, 2.75) is 12.2 Å². The molecule has 1 aromatic rings. The zero-order valence-corrected chi connectivity index (χ0v) is 10.3. The highest BCUT2D eigenvalue weighted by Gasteiger charge is 2.38. The molecule has 2 atom stereocenters. The van der Waals surface area contributed by atoms with Crippen molar-refractivity contribution in [2.24, 2.45) is 0 Å². The zero-order valence-electron chi connectivity index (χ0n) is 8.77. The van der Waals surface area contributed by atoms with Gasteiger partial charge in [-0.15, -0.1) is 11.6 Å². The van der Waals surface area contributed by atoms with Crippen molar-refractivity contribution in [2.75, 3.05) is 12.5 Å². The summed E-state index contributed by atoms with van der Waals surface area (Å²) in [6.07, 6.45) is 0.0617. The summed E-state index contributed by atoms with van der Waals surface area (Å²) >= 11 is 11.4. The van der Waals surface area contributed by atoms with Crippen LogP contribution in [-0.4, -0.2) is 31.2 Å². The SMILES string of the molecule is O=COc1cc(Cl)ccc1OC[C@@H]1O[C@H]1CCl. The lowest BCUT2D eigenvalue weighted by Crippen LogP contribution is -2.09. The Bertz CT molecular complexity index is 410. The zero-order chi connectivity index (χ0) is 12.3. The third kappa shape index (κ3) is 3.25. The number of ether oxygens (including phenoxy) is 3. The van der Waals surface area contributed by atoms with Gasteiger partial charge in [0.15, 0.2) is 11.5 Å². The monoisotopic (exact) mass is 276 g/mol. The summed E-state index contributed by atoms with van der Waals surface area (Å²) in [5.74, 6) is 1.19. The van der Waals surface area contributed by atoms with E-state index in [0.717, 1.165) is 0 Å². The van der Waals surface area contributed by atoms with E-state index >= 15 is 0 Å². The first-order valence-electron chi connectivity index (χ1n) is 4.98. The van der Waals surface area contributed by atoms with Gasteiger partial charge in [-0.25, -0.2) is 0 Å². The second kappa shape index (κ2) is 5.58. The second-order valence-corrected chi connectivity index (χ2v) is 4.23. The molecule has 2 rings (SSSR count). The van der Waals surface area contributed by atoms with Gasteiger partial charge in [-0.3, -0.25) is 4.79 Å². The largest absolute Gasteiger partial charge is 0.487 e. The number of benzene rings is 1. The van der Waals surface area contributed by atoms with Crippen LogP contribution in [0.1, 0.15) is 0 Å². The number of carbonyl (C=O) groups is 1. The summed E-state index contributed by atoms with van der Waals surface area (Å²) in [5.41, 5.74) is 0. The third-order valence-corrected chi connectivity index (χ3v) is 2.86. The van der Waals surface area contributed by atoms with Crippen LogP contribution in [0, 0.1) is 0 Å². The number of hydrogen-bond acceptors (Lipinski definition) is 4. The fourth-order valence-corrected chi connectivity index (χ4v) is 1.81. The van der Waals surface area contributed by atoms with Crippen LogP contribution in [0.2, 0.25) is 5.02 Å². The van der Waals surface area contributed by atoms with Crippen molar-refractivity contribution in [3.05, 3.63) is 23.2 Å². The Morgan fingerprint density at radius 2 is 2.18 bits per heavy atom. The Kier molecular flexibility index (Phi) is 4.10. The van der Waals surface area contributed by atoms with Gasteiger partial charge in [-0.2, -0.15) is 0 Å². The van der Waals surface area contributed by atoms with E-state index in [1.54, 1.807) is 12.1 Å². The maximum atomic E-state index is 10.3. The van der Waals surface area contributed by atoms with Gasteiger partial charge < -0.3 is 14.2 Å². The van der Waals surface area contributed by atoms with Crippen molar-refractivity contribution < 1.29 is 19.0 Å². The van der Waals surface area contributed by atoms with Gasteiger partial charge in [-0.1, -0.05) is 11.6 Å². The predicted molar refractivity (Wildman–Crippen MR) is 63.0 cm³/mol. The van der Waals surface area contributed by atoms with Gasteiger partial charge in [0.1, 0.15) is 18.8 Å². The van der Waals surface area contributed by atoms with Gasteiger partial charge >= 0.3 is 0 Å². The van der Waals surface area contributed by atoms with Crippen LogP contribution in [0.4, 0.5) is 0 Å². The smallest absolute Gasteiger partial charge is 0.298 e. The van der Waals surface area contributed by atoms with Crippen LogP contribution in [-0.2, 0) is 9.53 Å². The van der Waals surface area contributed by atoms with E-state index in [0.29, 0.717) is 29.7 Å². The molecule has 4 nitrogen and oxygen atoms in total. The number of hydrogen-bond donors (Lipinski definition) is 0. The van der Waals surface area contributed by atoms with E-state index in [2.05, 4.69) is 0 Å². The minimum Gasteiger partial charge on any atom is -0.487 e. The van der Waals surface area contributed by atoms with Gasteiger partial charge in [-0.05, 0) is 12.1 Å². The number of epoxide rings is 1. The van der Waals surface area contributed by atoms with E-state index in [1.807, 2.05) is 0 Å². The Morgan fingerprint density at radius 3 is 2.82 bits per heavy atom. The first kappa shape index (κ1) is 12.5. The molecule has 0 bridgehead atoms. The minimum absolute atomic E-state index is 0.00672. The van der Waals surface area contributed by atoms with Crippen molar-refractivity contribution in [3.8, 4) is 11.5 Å². The van der Waals surface area contributed by atoms with Crippen LogP contribution in [0.3, 0.4) is 0 Å². The average molecular weight is 277 g/mol. The van der Waals surface area contributed by atoms with E-state index in [9.17, 15) is 4.79 Å². The number of alkyl halides is 1. The maximum absolute atomic E-state index is 10.3. The predicted octanol–water partition coefficient (Wildman–Crippen LogP) is 2.26. The Balaban J connectivity index is 1.97. The summed E-state index contributed by atoms with van der Waals surface area (Å²) in [5, 5.41) is 0.468. The Hall–Kier alpha value is -0.970. The standard InChI is InChI=1S/C11H10Cl2O4/c12-4-10-11(17-10)5-15-8-2-1-7(13)3-9(8)16-6-14/h1-3,6,10-11H,4-5H2/t10-,11-/m0/s1. The first-order valence-corrected chi connectivity index (χ1v) is 5.90. The topological polar surface area (TPSA) is 48.1 Å². The van der Waals surface area contributed by atoms with Gasteiger partial charge in [0.2, 0.25) is 0 Å². The van der Waals surface area contributed by atoms with Crippen molar-refractivity contribution >= 4 is 29.7 Å². The van der Waals surface area contributed by atoms with Crippen molar-refractivity contribution in [1.29, 1.82) is 0 Å². The molecule has 0 unspecified atom stereocenters. The van der Waals surface area contributed by atoms with Gasteiger partial charge in [0.05, 0.1) is 5.88 Å². The summed E-state index contributed by atoms with van der Waals surface area (Å²) in [6, 6.07) is 4.80. The molecule has 1 fully saturated rings. The van der Waals surface area contributed by atoms with Crippen LogP contribution < -0.4 is 9.47 Å². The molecule has 1 aromatic carbocycles. The Morgan fingerprint density at radius 1 is 1.35 bits per heavy atom. The van der Waals surface area contributed by atoms with Crippen LogP contribution in [0.25, 0.3) is 0 Å². The number of halogens is 2. The van der Waals surface area contributed by atoms with E-state index in [4.69, 9.17) is 37.4 Å². The minimum atomic E-state index is 0.00672. The summed E-state index contributed by atoms with van der Waals surface area (Å²) < 4.78 is 15.5. The average Bonchev–Trinajstić information content (AvgIpc) is 3.07.